The molecular formula is C31H45N3O6S. The molecule has 1 heterocycles. The summed E-state index contributed by atoms with van der Waals surface area (Å²) in [6.07, 6.45) is 6.33. The lowest BCUT2D eigenvalue weighted by atomic mass is 9.78. The average molecular weight is 588 g/mol. The second-order valence-corrected chi connectivity index (χ2v) is 13.2. The number of amides is 1. The number of carbonyl (C=O) groups excluding carboxylic acids is 1. The van der Waals surface area contributed by atoms with Crippen LogP contribution in [0.3, 0.4) is 0 Å². The fourth-order valence-corrected chi connectivity index (χ4v) is 8.17. The van der Waals surface area contributed by atoms with Gasteiger partial charge in [0.15, 0.2) is 0 Å². The first-order chi connectivity index (χ1) is 19.7. The van der Waals surface area contributed by atoms with Gasteiger partial charge in [0.25, 0.3) is 0 Å². The maximum absolute atomic E-state index is 13.6. The van der Waals surface area contributed by atoms with Crippen molar-refractivity contribution in [3.63, 3.8) is 0 Å². The Morgan fingerprint density at radius 3 is 2.39 bits per heavy atom. The van der Waals surface area contributed by atoms with E-state index in [2.05, 4.69) is 48.6 Å². The quantitative estimate of drug-likeness (QED) is 0.397. The molecular weight excluding hydrogens is 542 g/mol. The van der Waals surface area contributed by atoms with Crippen LogP contribution in [0.15, 0.2) is 53.4 Å². The molecule has 1 aliphatic heterocycles. The molecule has 2 aliphatic rings. The van der Waals surface area contributed by atoms with E-state index in [-0.39, 0.29) is 41.8 Å². The highest BCUT2D eigenvalue weighted by Crippen LogP contribution is 2.37. The highest BCUT2D eigenvalue weighted by atomic mass is 32.2. The Kier molecular flexibility index (Phi) is 11.1. The molecule has 0 aromatic heterocycles. The number of hydrogen-bond donors (Lipinski definition) is 1. The monoisotopic (exact) mass is 587 g/mol. The lowest BCUT2D eigenvalue weighted by Crippen LogP contribution is -2.47. The van der Waals surface area contributed by atoms with Crippen LogP contribution < -0.4 is 14.8 Å². The molecule has 0 bridgehead atoms. The Labute approximate surface area is 245 Å². The van der Waals surface area contributed by atoms with Crippen LogP contribution in [0.25, 0.3) is 0 Å². The smallest absolute Gasteiger partial charge is 0.247 e. The number of sulfonamides is 1. The molecule has 2 fully saturated rings. The predicted molar refractivity (Wildman–Crippen MR) is 159 cm³/mol. The Morgan fingerprint density at radius 2 is 1.73 bits per heavy atom. The number of nitrogens with zero attached hydrogens (tertiary/aromatic N) is 2. The largest absolute Gasteiger partial charge is 0.497 e. The molecule has 1 saturated carbocycles. The summed E-state index contributed by atoms with van der Waals surface area (Å²) in [5.41, 5.74) is 1.34. The van der Waals surface area contributed by atoms with E-state index in [1.165, 1.54) is 30.2 Å². The number of benzene rings is 2. The van der Waals surface area contributed by atoms with Crippen molar-refractivity contribution in [2.45, 2.75) is 68.0 Å². The average Bonchev–Trinajstić information content (AvgIpc) is 2.98. The number of piperidine rings is 1. The Morgan fingerprint density at radius 1 is 1.00 bits per heavy atom. The number of methoxy groups -OCH3 is 2. The second kappa shape index (κ2) is 14.5. The lowest BCUT2D eigenvalue weighted by Gasteiger charge is -2.37. The zero-order chi connectivity index (χ0) is 29.4. The minimum absolute atomic E-state index is 0.0828. The highest BCUT2D eigenvalue weighted by molar-refractivity contribution is 7.89. The molecule has 10 heteroatoms. The molecule has 1 amide bonds. The van der Waals surface area contributed by atoms with Crippen molar-refractivity contribution in [2.75, 3.05) is 48.1 Å². The predicted octanol–water partition coefficient (Wildman–Crippen LogP) is 4.24. The first-order valence-electron chi connectivity index (χ1n) is 14.6. The SMILES string of the molecule is COc1ccc(S(=O)(=O)N2CCCCC2COCC(=O)NC2CCC(C(c3ccccc3)N(C)C)CC2)c(OC)c1. The fraction of sp³-hybridized carbons (Fsp3) is 0.581. The van der Waals surface area contributed by atoms with Crippen LogP contribution in [0.1, 0.15) is 56.6 Å². The highest BCUT2D eigenvalue weighted by Gasteiger charge is 2.36. The molecule has 1 aliphatic carbocycles. The van der Waals surface area contributed by atoms with Gasteiger partial charge in [0.2, 0.25) is 15.9 Å². The van der Waals surface area contributed by atoms with Gasteiger partial charge in [-0.05, 0) is 76.2 Å². The van der Waals surface area contributed by atoms with Crippen LogP contribution in [0.5, 0.6) is 11.5 Å². The molecule has 2 aromatic rings. The molecule has 0 radical (unpaired) electrons. The third-order valence-electron chi connectivity index (χ3n) is 8.35. The van der Waals surface area contributed by atoms with Gasteiger partial charge < -0.3 is 24.4 Å². The maximum Gasteiger partial charge on any atom is 0.247 e. The number of carbonyl (C=O) groups is 1. The summed E-state index contributed by atoms with van der Waals surface area (Å²) in [5.74, 6) is 1.15. The minimum Gasteiger partial charge on any atom is -0.497 e. The topological polar surface area (TPSA) is 97.4 Å². The van der Waals surface area contributed by atoms with Crippen LogP contribution in [0.2, 0.25) is 0 Å². The van der Waals surface area contributed by atoms with E-state index in [0.717, 1.165) is 38.5 Å². The van der Waals surface area contributed by atoms with Crippen molar-refractivity contribution >= 4 is 15.9 Å². The third kappa shape index (κ3) is 7.80. The van der Waals surface area contributed by atoms with Crippen LogP contribution in [0.4, 0.5) is 0 Å². The van der Waals surface area contributed by atoms with Crippen molar-refractivity contribution in [1.82, 2.24) is 14.5 Å². The lowest BCUT2D eigenvalue weighted by molar-refractivity contribution is -0.127. The van der Waals surface area contributed by atoms with Gasteiger partial charge in [-0.25, -0.2) is 8.42 Å². The Hall–Kier alpha value is -2.66. The molecule has 0 spiro atoms. The van der Waals surface area contributed by atoms with E-state index < -0.39 is 10.0 Å². The zero-order valence-electron chi connectivity index (χ0n) is 24.8. The van der Waals surface area contributed by atoms with E-state index in [0.29, 0.717) is 30.7 Å². The van der Waals surface area contributed by atoms with Crippen LogP contribution in [0, 0.1) is 5.92 Å². The second-order valence-electron chi connectivity index (χ2n) is 11.3. The number of nitrogens with one attached hydrogen (secondary N) is 1. The Balaban J connectivity index is 1.28. The van der Waals surface area contributed by atoms with Crippen LogP contribution in [-0.2, 0) is 19.6 Å². The Bertz CT molecular complexity index is 1230. The summed E-state index contributed by atoms with van der Waals surface area (Å²) in [6, 6.07) is 15.5. The standard InChI is InChI=1S/C31H45N3O6S/c1-33(2)31(23-10-6-5-7-11-23)24-13-15-25(16-14-24)32-30(35)22-40-21-26-12-8-9-19-34(26)41(36,37)29-18-17-27(38-3)20-28(29)39-4/h5-7,10-11,17-18,20,24-26,31H,8-9,12-16,19,21-22H2,1-4H3,(H,32,35). The molecule has 2 unspecified atom stereocenters. The van der Waals surface area contributed by atoms with Gasteiger partial charge >= 0.3 is 0 Å². The van der Waals surface area contributed by atoms with Gasteiger partial charge in [-0.1, -0.05) is 36.8 Å². The van der Waals surface area contributed by atoms with E-state index in [4.69, 9.17) is 14.2 Å². The summed E-state index contributed by atoms with van der Waals surface area (Å²) < 4.78 is 45.1. The number of hydrogen-bond acceptors (Lipinski definition) is 7. The van der Waals surface area contributed by atoms with Gasteiger partial charge in [-0.15, -0.1) is 0 Å². The van der Waals surface area contributed by atoms with Gasteiger partial charge in [-0.3, -0.25) is 4.79 Å². The minimum atomic E-state index is -3.82. The van der Waals surface area contributed by atoms with Gasteiger partial charge in [0.1, 0.15) is 23.0 Å². The maximum atomic E-state index is 13.6. The van der Waals surface area contributed by atoms with Gasteiger partial charge in [0.05, 0.1) is 20.8 Å². The number of rotatable bonds is 12. The fourth-order valence-electron chi connectivity index (χ4n) is 6.35. The number of ether oxygens (including phenoxy) is 3. The summed E-state index contributed by atoms with van der Waals surface area (Å²) >= 11 is 0. The first-order valence-corrected chi connectivity index (χ1v) is 16.0. The molecule has 1 saturated heterocycles. The summed E-state index contributed by atoms with van der Waals surface area (Å²) in [4.78, 5) is 15.1. The van der Waals surface area contributed by atoms with Gasteiger partial charge in [-0.2, -0.15) is 4.31 Å². The van der Waals surface area contributed by atoms with Crippen molar-refractivity contribution in [2.24, 2.45) is 5.92 Å². The molecule has 4 rings (SSSR count). The molecule has 226 valence electrons. The summed E-state index contributed by atoms with van der Waals surface area (Å²) in [6.45, 7) is 0.484. The van der Waals surface area contributed by atoms with Crippen LogP contribution >= 0.6 is 0 Å². The first kappa shape index (κ1) is 31.3. The van der Waals surface area contributed by atoms with E-state index >= 15 is 0 Å². The van der Waals surface area contributed by atoms with E-state index in [1.54, 1.807) is 12.1 Å². The summed E-state index contributed by atoms with van der Waals surface area (Å²) in [7, 11) is 3.41. The summed E-state index contributed by atoms with van der Waals surface area (Å²) in [5, 5.41) is 3.14. The van der Waals surface area contributed by atoms with Crippen LogP contribution in [-0.4, -0.2) is 83.7 Å². The normalized spacial score (nSPS) is 22.7. The van der Waals surface area contributed by atoms with Crippen molar-refractivity contribution in [3.8, 4) is 11.5 Å². The molecule has 2 aromatic carbocycles. The van der Waals surface area contributed by atoms with Crippen molar-refractivity contribution in [1.29, 1.82) is 0 Å². The molecule has 9 nitrogen and oxygen atoms in total. The molecule has 1 N–H and O–H groups in total. The van der Waals surface area contributed by atoms with E-state index in [1.807, 2.05) is 6.07 Å². The molecule has 2 atom stereocenters. The molecule has 41 heavy (non-hydrogen) atoms. The van der Waals surface area contributed by atoms with Crippen molar-refractivity contribution in [3.05, 3.63) is 54.1 Å². The zero-order valence-corrected chi connectivity index (χ0v) is 25.6. The third-order valence-corrected chi connectivity index (χ3v) is 10.3. The van der Waals surface area contributed by atoms with Crippen molar-refractivity contribution < 1.29 is 27.4 Å². The van der Waals surface area contributed by atoms with Gasteiger partial charge in [0, 0.05) is 30.7 Å². The van der Waals surface area contributed by atoms with E-state index in [9.17, 15) is 13.2 Å².